The number of Topliss-reactive ketones (excluding diaryl/α,β-unsaturated/α-hetero) is 1. The van der Waals surface area contributed by atoms with Gasteiger partial charge in [0.05, 0.1) is 18.7 Å². The second-order valence-corrected chi connectivity index (χ2v) is 7.65. The van der Waals surface area contributed by atoms with Gasteiger partial charge in [0.1, 0.15) is 17.3 Å². The number of halogens is 1. The van der Waals surface area contributed by atoms with E-state index in [2.05, 4.69) is 18.7 Å². The van der Waals surface area contributed by atoms with Gasteiger partial charge in [0.2, 0.25) is 0 Å². The zero-order chi connectivity index (χ0) is 23.3. The summed E-state index contributed by atoms with van der Waals surface area (Å²) in [7, 11) is 1.53. The van der Waals surface area contributed by atoms with E-state index in [9.17, 15) is 19.1 Å². The van der Waals surface area contributed by atoms with Gasteiger partial charge < -0.3 is 19.6 Å². The molecule has 1 aliphatic rings. The molecule has 6 nitrogen and oxygen atoms in total. The molecule has 1 aliphatic heterocycles. The molecule has 1 atom stereocenters. The molecule has 3 rings (SSSR count). The molecule has 1 fully saturated rings. The molecular formula is C25H29FN2O4. The molecule has 0 aliphatic carbocycles. The van der Waals surface area contributed by atoms with Crippen molar-refractivity contribution in [2.75, 3.05) is 33.3 Å². The standard InChI is InChI=1S/C25H29FN2O4/c1-4-27(5-2)15-6-16-28-22(17-7-11-19(26)12-8-17)21(24(30)25(28)31)23(29)18-9-13-20(32-3)14-10-18/h7-14,22,29H,4-6,15-16H2,1-3H3/t22-/m1/s1. The first-order valence-electron chi connectivity index (χ1n) is 10.8. The van der Waals surface area contributed by atoms with Gasteiger partial charge >= 0.3 is 0 Å². The summed E-state index contributed by atoms with van der Waals surface area (Å²) in [5.41, 5.74) is 0.983. The molecule has 170 valence electrons. The molecular weight excluding hydrogens is 411 g/mol. The smallest absolute Gasteiger partial charge is 0.295 e. The van der Waals surface area contributed by atoms with Crippen LogP contribution in [0.4, 0.5) is 4.39 Å². The average molecular weight is 441 g/mol. The summed E-state index contributed by atoms with van der Waals surface area (Å²) in [6, 6.07) is 11.5. The Labute approximate surface area is 187 Å². The van der Waals surface area contributed by atoms with Crippen LogP contribution in [0.1, 0.15) is 37.4 Å². The molecule has 0 bridgehead atoms. The highest BCUT2D eigenvalue weighted by Gasteiger charge is 2.45. The number of carbonyl (C=O) groups is 2. The van der Waals surface area contributed by atoms with E-state index < -0.39 is 23.5 Å². The summed E-state index contributed by atoms with van der Waals surface area (Å²) in [5.74, 6) is -1.47. The zero-order valence-corrected chi connectivity index (χ0v) is 18.7. The number of ether oxygens (including phenoxy) is 1. The average Bonchev–Trinajstić information content (AvgIpc) is 3.07. The van der Waals surface area contributed by atoms with Crippen molar-refractivity contribution in [2.24, 2.45) is 0 Å². The quantitative estimate of drug-likeness (QED) is 0.363. The highest BCUT2D eigenvalue weighted by atomic mass is 19.1. The van der Waals surface area contributed by atoms with E-state index in [1.54, 1.807) is 36.4 Å². The fourth-order valence-electron chi connectivity index (χ4n) is 4.01. The van der Waals surface area contributed by atoms with Crippen LogP contribution in [-0.2, 0) is 9.59 Å². The third kappa shape index (κ3) is 4.83. The number of hydrogen-bond donors (Lipinski definition) is 1. The van der Waals surface area contributed by atoms with Gasteiger partial charge in [-0.25, -0.2) is 4.39 Å². The first-order valence-corrected chi connectivity index (χ1v) is 10.8. The van der Waals surface area contributed by atoms with E-state index >= 15 is 0 Å². The second kappa shape index (κ2) is 10.4. The fraction of sp³-hybridized carbons (Fsp3) is 0.360. The molecule has 0 spiro atoms. The number of methoxy groups -OCH3 is 1. The number of ketones is 1. The van der Waals surface area contributed by atoms with E-state index in [0.29, 0.717) is 29.8 Å². The van der Waals surface area contributed by atoms with Gasteiger partial charge in [-0.2, -0.15) is 0 Å². The largest absolute Gasteiger partial charge is 0.507 e. The van der Waals surface area contributed by atoms with Crippen molar-refractivity contribution < 1.29 is 23.8 Å². The van der Waals surface area contributed by atoms with E-state index in [1.807, 2.05) is 0 Å². The molecule has 1 heterocycles. The number of rotatable bonds is 9. The summed E-state index contributed by atoms with van der Waals surface area (Å²) < 4.78 is 18.7. The number of aliphatic hydroxyl groups excluding tert-OH is 1. The van der Waals surface area contributed by atoms with Crippen molar-refractivity contribution in [1.82, 2.24) is 9.80 Å². The Hall–Kier alpha value is -3.19. The minimum absolute atomic E-state index is 0.00890. The number of likely N-dealkylation sites (tertiary alicyclic amines) is 1. The van der Waals surface area contributed by atoms with Gasteiger partial charge in [-0.3, -0.25) is 9.59 Å². The van der Waals surface area contributed by atoms with Crippen LogP contribution in [-0.4, -0.2) is 59.9 Å². The Balaban J connectivity index is 2.01. The molecule has 1 saturated heterocycles. The van der Waals surface area contributed by atoms with Crippen molar-refractivity contribution in [3.8, 4) is 5.75 Å². The maximum absolute atomic E-state index is 13.6. The Morgan fingerprint density at radius 3 is 2.25 bits per heavy atom. The summed E-state index contributed by atoms with van der Waals surface area (Å²) in [6.45, 7) is 7.07. The third-order valence-electron chi connectivity index (χ3n) is 5.86. The van der Waals surface area contributed by atoms with Crippen molar-refractivity contribution in [3.05, 3.63) is 71.0 Å². The van der Waals surface area contributed by atoms with Crippen molar-refractivity contribution in [2.45, 2.75) is 26.3 Å². The lowest BCUT2D eigenvalue weighted by Crippen LogP contribution is -2.33. The molecule has 0 unspecified atom stereocenters. The predicted octanol–water partition coefficient (Wildman–Crippen LogP) is 3.99. The Morgan fingerprint density at radius 1 is 1.06 bits per heavy atom. The van der Waals surface area contributed by atoms with Crippen LogP contribution in [0.25, 0.3) is 5.76 Å². The first-order chi connectivity index (χ1) is 15.4. The predicted molar refractivity (Wildman–Crippen MR) is 121 cm³/mol. The molecule has 0 radical (unpaired) electrons. The van der Waals surface area contributed by atoms with Gasteiger partial charge in [0.15, 0.2) is 0 Å². The van der Waals surface area contributed by atoms with E-state index in [4.69, 9.17) is 4.74 Å². The van der Waals surface area contributed by atoms with E-state index in [-0.39, 0.29) is 11.3 Å². The highest BCUT2D eigenvalue weighted by Crippen LogP contribution is 2.39. The summed E-state index contributed by atoms with van der Waals surface area (Å²) in [6.07, 6.45) is 0.676. The molecule has 0 aromatic heterocycles. The van der Waals surface area contributed by atoms with Gasteiger partial charge in [-0.05, 0) is 68.0 Å². The summed E-state index contributed by atoms with van der Waals surface area (Å²) in [5, 5.41) is 11.0. The van der Waals surface area contributed by atoms with Crippen LogP contribution >= 0.6 is 0 Å². The number of carbonyl (C=O) groups excluding carboxylic acids is 2. The molecule has 0 saturated carbocycles. The van der Waals surface area contributed by atoms with E-state index in [1.165, 1.54) is 24.1 Å². The van der Waals surface area contributed by atoms with Gasteiger partial charge in [0, 0.05) is 12.1 Å². The SMILES string of the molecule is CCN(CC)CCCN1C(=O)C(=O)C(=C(O)c2ccc(OC)cc2)[C@H]1c1ccc(F)cc1. The van der Waals surface area contributed by atoms with Crippen LogP contribution < -0.4 is 4.74 Å². The van der Waals surface area contributed by atoms with E-state index in [0.717, 1.165) is 19.6 Å². The molecule has 32 heavy (non-hydrogen) atoms. The number of amides is 1. The van der Waals surface area contributed by atoms with Crippen LogP contribution in [0.5, 0.6) is 5.75 Å². The van der Waals surface area contributed by atoms with Crippen molar-refractivity contribution in [1.29, 1.82) is 0 Å². The topological polar surface area (TPSA) is 70.1 Å². The normalized spacial score (nSPS) is 17.9. The lowest BCUT2D eigenvalue weighted by molar-refractivity contribution is -0.140. The second-order valence-electron chi connectivity index (χ2n) is 7.65. The highest BCUT2D eigenvalue weighted by molar-refractivity contribution is 6.46. The molecule has 7 heteroatoms. The number of benzene rings is 2. The van der Waals surface area contributed by atoms with Crippen molar-refractivity contribution >= 4 is 17.4 Å². The summed E-state index contributed by atoms with van der Waals surface area (Å²) in [4.78, 5) is 29.7. The van der Waals surface area contributed by atoms with Crippen LogP contribution in [0.2, 0.25) is 0 Å². The minimum Gasteiger partial charge on any atom is -0.507 e. The summed E-state index contributed by atoms with van der Waals surface area (Å²) >= 11 is 0. The molecule has 1 amide bonds. The van der Waals surface area contributed by atoms with Gasteiger partial charge in [-0.1, -0.05) is 26.0 Å². The monoisotopic (exact) mass is 440 g/mol. The van der Waals surface area contributed by atoms with Crippen LogP contribution in [0, 0.1) is 5.82 Å². The first kappa shape index (κ1) is 23.5. The van der Waals surface area contributed by atoms with Gasteiger partial charge in [-0.15, -0.1) is 0 Å². The van der Waals surface area contributed by atoms with Crippen LogP contribution in [0.3, 0.4) is 0 Å². The fourth-order valence-corrected chi connectivity index (χ4v) is 4.01. The number of nitrogens with zero attached hydrogens (tertiary/aromatic N) is 2. The maximum Gasteiger partial charge on any atom is 0.295 e. The lowest BCUT2D eigenvalue weighted by Gasteiger charge is -2.26. The maximum atomic E-state index is 13.6. The Morgan fingerprint density at radius 2 is 1.69 bits per heavy atom. The Kier molecular flexibility index (Phi) is 7.64. The Bertz CT molecular complexity index is 982. The molecule has 2 aromatic carbocycles. The molecule has 2 aromatic rings. The van der Waals surface area contributed by atoms with Gasteiger partial charge in [0.25, 0.3) is 11.7 Å². The van der Waals surface area contributed by atoms with Crippen LogP contribution in [0.15, 0.2) is 54.1 Å². The minimum atomic E-state index is -0.783. The molecule has 1 N–H and O–H groups in total. The number of hydrogen-bond acceptors (Lipinski definition) is 5. The number of aliphatic hydroxyl groups is 1. The third-order valence-corrected chi connectivity index (χ3v) is 5.86. The van der Waals surface area contributed by atoms with Crippen molar-refractivity contribution in [3.63, 3.8) is 0 Å². The zero-order valence-electron chi connectivity index (χ0n) is 18.7. The lowest BCUT2D eigenvalue weighted by atomic mass is 9.95.